The summed E-state index contributed by atoms with van der Waals surface area (Å²) in [6, 6.07) is 0. The zero-order chi connectivity index (χ0) is 8.15. The predicted molar refractivity (Wildman–Crippen MR) is 44.0 cm³/mol. The molecule has 0 saturated carbocycles. The third-order valence-electron chi connectivity index (χ3n) is 1.85. The molecule has 1 N–H and O–H groups in total. The van der Waals surface area contributed by atoms with Crippen molar-refractivity contribution in [2.45, 2.75) is 26.4 Å². The molecule has 0 bridgehead atoms. The fraction of sp³-hybridized carbons (Fsp3) is 1.00. The molecule has 0 radical (unpaired) electrons. The summed E-state index contributed by atoms with van der Waals surface area (Å²) in [6.45, 7) is 4.95. The third-order valence-corrected chi connectivity index (χ3v) is 1.85. The molecular formula is C8H19NO. The van der Waals surface area contributed by atoms with E-state index in [4.69, 9.17) is 0 Å². The standard InChI is InChI=1S/C8H19NO/c1-5-7(2)8(10)6-9(3)4/h7-8,10H,5-6H2,1-4H3. The van der Waals surface area contributed by atoms with E-state index in [0.29, 0.717) is 5.92 Å². The molecule has 0 heterocycles. The highest BCUT2D eigenvalue weighted by Gasteiger charge is 2.11. The summed E-state index contributed by atoms with van der Waals surface area (Å²) in [5.41, 5.74) is 0. The van der Waals surface area contributed by atoms with Gasteiger partial charge >= 0.3 is 0 Å². The van der Waals surface area contributed by atoms with Crippen LogP contribution in [0.5, 0.6) is 0 Å². The molecule has 2 nitrogen and oxygen atoms in total. The Balaban J connectivity index is 3.50. The largest absolute Gasteiger partial charge is 0.392 e. The van der Waals surface area contributed by atoms with E-state index in [0.717, 1.165) is 13.0 Å². The van der Waals surface area contributed by atoms with Gasteiger partial charge in [0.05, 0.1) is 6.10 Å². The zero-order valence-electron chi connectivity index (χ0n) is 7.46. The molecule has 0 aliphatic heterocycles. The Hall–Kier alpha value is -0.0800. The van der Waals surface area contributed by atoms with Crippen LogP contribution in [0, 0.1) is 5.92 Å². The van der Waals surface area contributed by atoms with Crippen LogP contribution in [0.1, 0.15) is 20.3 Å². The first-order valence-electron chi connectivity index (χ1n) is 3.90. The van der Waals surface area contributed by atoms with Gasteiger partial charge in [-0.3, -0.25) is 0 Å². The van der Waals surface area contributed by atoms with E-state index in [1.54, 1.807) is 0 Å². The maximum absolute atomic E-state index is 9.45. The number of likely N-dealkylation sites (N-methyl/N-ethyl adjacent to an activating group) is 1. The first-order chi connectivity index (χ1) is 4.57. The van der Waals surface area contributed by atoms with E-state index in [1.807, 2.05) is 19.0 Å². The van der Waals surface area contributed by atoms with Gasteiger partial charge in [0.1, 0.15) is 0 Å². The van der Waals surface area contributed by atoms with Gasteiger partial charge in [-0.15, -0.1) is 0 Å². The van der Waals surface area contributed by atoms with Gasteiger partial charge in [-0.2, -0.15) is 0 Å². The Labute approximate surface area is 63.8 Å². The molecule has 0 aromatic heterocycles. The van der Waals surface area contributed by atoms with Crippen LogP contribution >= 0.6 is 0 Å². The number of hydrogen-bond donors (Lipinski definition) is 1. The van der Waals surface area contributed by atoms with Crippen LogP contribution in [0.3, 0.4) is 0 Å². The average molecular weight is 145 g/mol. The minimum atomic E-state index is -0.167. The topological polar surface area (TPSA) is 23.5 Å². The molecule has 62 valence electrons. The molecule has 0 aliphatic rings. The Bertz CT molecular complexity index is 83.3. The van der Waals surface area contributed by atoms with Crippen molar-refractivity contribution in [3.8, 4) is 0 Å². The fourth-order valence-corrected chi connectivity index (χ4v) is 0.826. The minimum Gasteiger partial charge on any atom is -0.392 e. The molecule has 0 amide bonds. The van der Waals surface area contributed by atoms with E-state index < -0.39 is 0 Å². The second-order valence-electron chi connectivity index (χ2n) is 3.22. The Morgan fingerprint density at radius 3 is 2.20 bits per heavy atom. The maximum atomic E-state index is 9.45. The molecule has 10 heavy (non-hydrogen) atoms. The molecule has 0 fully saturated rings. The maximum Gasteiger partial charge on any atom is 0.0692 e. The van der Waals surface area contributed by atoms with E-state index in [9.17, 15) is 5.11 Å². The molecule has 2 unspecified atom stereocenters. The van der Waals surface area contributed by atoms with Gasteiger partial charge in [-0.05, 0) is 20.0 Å². The van der Waals surface area contributed by atoms with Crippen LogP contribution in [-0.4, -0.2) is 36.8 Å². The van der Waals surface area contributed by atoms with Crippen molar-refractivity contribution < 1.29 is 5.11 Å². The summed E-state index contributed by atoms with van der Waals surface area (Å²) in [7, 11) is 3.96. The minimum absolute atomic E-state index is 0.167. The van der Waals surface area contributed by atoms with E-state index in [2.05, 4.69) is 13.8 Å². The van der Waals surface area contributed by atoms with Gasteiger partial charge < -0.3 is 10.0 Å². The van der Waals surface area contributed by atoms with Crippen molar-refractivity contribution in [3.05, 3.63) is 0 Å². The SMILES string of the molecule is CCC(C)C(O)CN(C)C. The van der Waals surface area contributed by atoms with Crippen molar-refractivity contribution in [2.24, 2.45) is 5.92 Å². The molecular weight excluding hydrogens is 126 g/mol. The molecule has 0 aromatic carbocycles. The van der Waals surface area contributed by atoms with Crippen LogP contribution < -0.4 is 0 Å². The Morgan fingerprint density at radius 2 is 1.90 bits per heavy atom. The van der Waals surface area contributed by atoms with E-state index >= 15 is 0 Å². The van der Waals surface area contributed by atoms with Crippen molar-refractivity contribution in [1.82, 2.24) is 4.90 Å². The summed E-state index contributed by atoms with van der Waals surface area (Å²) in [5, 5.41) is 9.45. The van der Waals surface area contributed by atoms with Gasteiger partial charge in [-0.25, -0.2) is 0 Å². The van der Waals surface area contributed by atoms with Crippen LogP contribution in [0.4, 0.5) is 0 Å². The number of hydrogen-bond acceptors (Lipinski definition) is 2. The quantitative estimate of drug-likeness (QED) is 0.637. The smallest absolute Gasteiger partial charge is 0.0692 e. The summed E-state index contributed by atoms with van der Waals surface area (Å²) in [4.78, 5) is 2.01. The van der Waals surface area contributed by atoms with Crippen LogP contribution in [0.25, 0.3) is 0 Å². The fourth-order valence-electron chi connectivity index (χ4n) is 0.826. The predicted octanol–water partition coefficient (Wildman–Crippen LogP) is 0.955. The second-order valence-corrected chi connectivity index (χ2v) is 3.22. The van der Waals surface area contributed by atoms with Gasteiger partial charge in [-0.1, -0.05) is 20.3 Å². The Morgan fingerprint density at radius 1 is 1.40 bits per heavy atom. The van der Waals surface area contributed by atoms with Crippen molar-refractivity contribution in [1.29, 1.82) is 0 Å². The lowest BCUT2D eigenvalue weighted by atomic mass is 10.0. The highest BCUT2D eigenvalue weighted by atomic mass is 16.3. The van der Waals surface area contributed by atoms with Crippen molar-refractivity contribution in [3.63, 3.8) is 0 Å². The lowest BCUT2D eigenvalue weighted by molar-refractivity contribution is 0.0855. The monoisotopic (exact) mass is 145 g/mol. The highest BCUT2D eigenvalue weighted by Crippen LogP contribution is 2.07. The summed E-state index contributed by atoms with van der Waals surface area (Å²) in [5.74, 6) is 0.419. The number of aliphatic hydroxyl groups is 1. The Kier molecular flexibility index (Phi) is 4.65. The number of aliphatic hydroxyl groups excluding tert-OH is 1. The zero-order valence-corrected chi connectivity index (χ0v) is 7.46. The van der Waals surface area contributed by atoms with Gasteiger partial charge in [0.15, 0.2) is 0 Å². The van der Waals surface area contributed by atoms with Crippen LogP contribution in [0.2, 0.25) is 0 Å². The van der Waals surface area contributed by atoms with Gasteiger partial charge in [0, 0.05) is 6.54 Å². The normalized spacial score (nSPS) is 17.4. The molecule has 0 aromatic rings. The van der Waals surface area contributed by atoms with Gasteiger partial charge in [0.2, 0.25) is 0 Å². The van der Waals surface area contributed by atoms with Gasteiger partial charge in [0.25, 0.3) is 0 Å². The summed E-state index contributed by atoms with van der Waals surface area (Å²) < 4.78 is 0. The van der Waals surface area contributed by atoms with Crippen molar-refractivity contribution in [2.75, 3.05) is 20.6 Å². The summed E-state index contributed by atoms with van der Waals surface area (Å²) in [6.07, 6.45) is 0.884. The lowest BCUT2D eigenvalue weighted by Gasteiger charge is -2.20. The number of nitrogens with zero attached hydrogens (tertiary/aromatic N) is 1. The molecule has 0 rings (SSSR count). The molecule has 0 saturated heterocycles. The first-order valence-corrected chi connectivity index (χ1v) is 3.90. The average Bonchev–Trinajstić information content (AvgIpc) is 1.85. The summed E-state index contributed by atoms with van der Waals surface area (Å²) >= 11 is 0. The first kappa shape index (κ1) is 9.92. The van der Waals surface area contributed by atoms with E-state index in [-0.39, 0.29) is 6.10 Å². The molecule has 0 spiro atoms. The molecule has 2 atom stereocenters. The van der Waals surface area contributed by atoms with Crippen LogP contribution in [-0.2, 0) is 0 Å². The second kappa shape index (κ2) is 4.69. The number of rotatable bonds is 4. The van der Waals surface area contributed by atoms with Crippen molar-refractivity contribution >= 4 is 0 Å². The van der Waals surface area contributed by atoms with E-state index in [1.165, 1.54) is 0 Å². The highest BCUT2D eigenvalue weighted by molar-refractivity contribution is 4.64. The molecule has 2 heteroatoms. The lowest BCUT2D eigenvalue weighted by Crippen LogP contribution is -2.30. The molecule has 0 aliphatic carbocycles. The van der Waals surface area contributed by atoms with Crippen LogP contribution in [0.15, 0.2) is 0 Å². The third kappa shape index (κ3) is 3.85.